The average Bonchev–Trinajstić information content (AvgIpc) is 4.18. The molecule has 72 heavy (non-hydrogen) atoms. The lowest BCUT2D eigenvalue weighted by Gasteiger charge is -2.37. The summed E-state index contributed by atoms with van der Waals surface area (Å²) in [7, 11) is 0. The Balaban J connectivity index is 1.01. The van der Waals surface area contributed by atoms with Crippen LogP contribution < -0.4 is 32.8 Å². The lowest BCUT2D eigenvalue weighted by molar-refractivity contribution is 1.14. The summed E-state index contributed by atoms with van der Waals surface area (Å²) in [6.45, 7) is -0.00217. The van der Waals surface area contributed by atoms with E-state index in [1.54, 1.807) is 0 Å². The number of fused-ring (bicyclic) bond motifs is 24. The number of aromatic nitrogens is 4. The summed E-state index contributed by atoms with van der Waals surface area (Å²) in [5.74, 6) is 0. The Kier molecular flexibility index (Phi) is 6.40. The minimum atomic E-state index is -0.00108. The molecule has 0 N–H and O–H groups in total. The topological polar surface area (TPSA) is 19.7 Å². The molecule has 0 spiro atoms. The smallest absolute Gasteiger partial charge is 0.252 e. The Hall–Kier alpha value is -9.25. The van der Waals surface area contributed by atoms with Gasteiger partial charge in [0.05, 0.1) is 44.1 Å². The van der Waals surface area contributed by atoms with Gasteiger partial charge in [0, 0.05) is 77.0 Å². The van der Waals surface area contributed by atoms with Crippen LogP contribution in [0.3, 0.4) is 0 Å². The van der Waals surface area contributed by atoms with Gasteiger partial charge >= 0.3 is 0 Å². The first-order valence-electron chi connectivity index (χ1n) is 25.3. The molecule has 15 aromatic rings. The predicted molar refractivity (Wildman–Crippen MR) is 304 cm³/mol. The third-order valence-electron chi connectivity index (χ3n) is 17.5. The van der Waals surface area contributed by atoms with Gasteiger partial charge in [-0.2, -0.15) is 0 Å². The van der Waals surface area contributed by atoms with Gasteiger partial charge < -0.3 is 18.3 Å². The average molecular weight is 907 g/mol. The molecule has 0 bridgehead atoms. The zero-order valence-corrected chi connectivity index (χ0v) is 38.7. The molecule has 4 aliphatic rings. The number of benzene rings is 11. The van der Waals surface area contributed by atoms with Crippen molar-refractivity contribution in [2.75, 3.05) is 0 Å². The molecule has 4 aliphatic heterocycles. The molecule has 6 heteroatoms. The van der Waals surface area contributed by atoms with Gasteiger partial charge in [-0.25, -0.2) is 0 Å². The SMILES string of the molecule is c1ccc(-c2cccc3c4cc5c6ccccc6n6c5c5c4n(c23)-c2ccccc2B5c2cc3c(cc2-6)-n2c4ccccc4c4cc5c6cccc(-c7ccccc7)c6n6c5c(c42)B3c2ccccc2-6)cc1. The molecule has 0 saturated carbocycles. The largest absolute Gasteiger partial charge is 0.310 e. The zero-order chi connectivity index (χ0) is 46.2. The van der Waals surface area contributed by atoms with Crippen molar-refractivity contribution < 1.29 is 0 Å². The van der Waals surface area contributed by atoms with E-state index in [1.807, 2.05) is 0 Å². The summed E-state index contributed by atoms with van der Waals surface area (Å²) < 4.78 is 10.6. The fraction of sp³-hybridized carbons (Fsp3) is 0. The van der Waals surface area contributed by atoms with Gasteiger partial charge in [-0.3, -0.25) is 0 Å². The normalized spacial score (nSPS) is 13.5. The molecule has 0 radical (unpaired) electrons. The molecule has 326 valence electrons. The first-order valence-corrected chi connectivity index (χ1v) is 25.3. The monoisotopic (exact) mass is 906 g/mol. The third kappa shape index (κ3) is 4.07. The maximum atomic E-state index is 2.68. The van der Waals surface area contributed by atoms with Crippen molar-refractivity contribution in [3.63, 3.8) is 0 Å². The number of rotatable bonds is 2. The number of hydrogen-bond donors (Lipinski definition) is 0. The van der Waals surface area contributed by atoms with Crippen LogP contribution in [-0.4, -0.2) is 31.7 Å². The molecule has 4 aromatic heterocycles. The van der Waals surface area contributed by atoms with Gasteiger partial charge in [0.25, 0.3) is 13.4 Å². The highest BCUT2D eigenvalue weighted by molar-refractivity contribution is 7.03. The Morgan fingerprint density at radius 2 is 0.625 bits per heavy atom. The van der Waals surface area contributed by atoms with E-state index in [0.29, 0.717) is 0 Å². The van der Waals surface area contributed by atoms with Crippen molar-refractivity contribution in [1.29, 1.82) is 0 Å². The van der Waals surface area contributed by atoms with Gasteiger partial charge in [0.1, 0.15) is 0 Å². The van der Waals surface area contributed by atoms with Crippen LogP contribution in [0.4, 0.5) is 0 Å². The summed E-state index contributed by atoms with van der Waals surface area (Å²) in [5, 5.41) is 10.4. The summed E-state index contributed by atoms with van der Waals surface area (Å²) in [4.78, 5) is 0. The van der Waals surface area contributed by atoms with Crippen LogP contribution in [-0.2, 0) is 0 Å². The van der Waals surface area contributed by atoms with E-state index in [0.717, 1.165) is 0 Å². The van der Waals surface area contributed by atoms with Gasteiger partial charge in [-0.05, 0) is 86.4 Å². The van der Waals surface area contributed by atoms with Crippen LogP contribution in [0, 0.1) is 0 Å². The molecule has 0 saturated heterocycles. The van der Waals surface area contributed by atoms with Crippen molar-refractivity contribution in [3.05, 3.63) is 218 Å². The number of para-hydroxylation sites is 6. The quantitative estimate of drug-likeness (QED) is 0.154. The van der Waals surface area contributed by atoms with Crippen molar-refractivity contribution >= 4 is 133 Å². The van der Waals surface area contributed by atoms with E-state index in [9.17, 15) is 0 Å². The maximum Gasteiger partial charge on any atom is 0.252 e. The maximum absolute atomic E-state index is 2.68. The summed E-state index contributed by atoms with van der Waals surface area (Å²) in [5.41, 5.74) is 28.6. The number of nitrogens with zero attached hydrogens (tertiary/aromatic N) is 4. The molecular formula is C66H36B2N4. The van der Waals surface area contributed by atoms with Crippen LogP contribution in [0.2, 0.25) is 0 Å². The highest BCUT2D eigenvalue weighted by atomic mass is 15.1. The molecule has 4 nitrogen and oxygen atoms in total. The van der Waals surface area contributed by atoms with Crippen molar-refractivity contribution in [2.24, 2.45) is 0 Å². The predicted octanol–water partition coefficient (Wildman–Crippen LogP) is 11.7. The Labute approximate surface area is 413 Å². The van der Waals surface area contributed by atoms with Crippen LogP contribution in [0.15, 0.2) is 218 Å². The Morgan fingerprint density at radius 3 is 1.11 bits per heavy atom. The summed E-state index contributed by atoms with van der Waals surface area (Å²) >= 11 is 0. The lowest BCUT2D eigenvalue weighted by Crippen LogP contribution is -2.63. The second kappa shape index (κ2) is 12.6. The highest BCUT2D eigenvalue weighted by Crippen LogP contribution is 2.47. The molecule has 0 aliphatic carbocycles. The van der Waals surface area contributed by atoms with Gasteiger partial charge in [0.15, 0.2) is 0 Å². The van der Waals surface area contributed by atoms with Gasteiger partial charge in [-0.15, -0.1) is 0 Å². The van der Waals surface area contributed by atoms with Crippen molar-refractivity contribution in [1.82, 2.24) is 18.3 Å². The van der Waals surface area contributed by atoms with Crippen molar-refractivity contribution in [3.8, 4) is 45.0 Å². The Morgan fingerprint density at radius 1 is 0.236 bits per heavy atom. The second-order valence-electron chi connectivity index (χ2n) is 20.6. The van der Waals surface area contributed by atoms with E-state index >= 15 is 0 Å². The number of hydrogen-bond acceptors (Lipinski definition) is 0. The minimum Gasteiger partial charge on any atom is -0.310 e. The summed E-state index contributed by atoms with van der Waals surface area (Å²) in [6.07, 6.45) is 0. The van der Waals surface area contributed by atoms with E-state index < -0.39 is 0 Å². The fourth-order valence-electron chi connectivity index (χ4n) is 14.9. The van der Waals surface area contributed by atoms with Crippen LogP contribution >= 0.6 is 0 Å². The summed E-state index contributed by atoms with van der Waals surface area (Å²) in [6, 6.07) is 83.1. The van der Waals surface area contributed by atoms with E-state index in [-0.39, 0.29) is 13.4 Å². The first-order chi connectivity index (χ1) is 35.8. The van der Waals surface area contributed by atoms with Crippen LogP contribution in [0.25, 0.3) is 132 Å². The molecule has 11 aromatic carbocycles. The Bertz CT molecular complexity index is 4740. The van der Waals surface area contributed by atoms with Gasteiger partial charge in [0.2, 0.25) is 0 Å². The second-order valence-corrected chi connectivity index (χ2v) is 20.6. The van der Waals surface area contributed by atoms with E-state index in [1.165, 1.54) is 165 Å². The third-order valence-corrected chi connectivity index (χ3v) is 17.5. The van der Waals surface area contributed by atoms with Crippen LogP contribution in [0.5, 0.6) is 0 Å². The van der Waals surface area contributed by atoms with Gasteiger partial charge in [-0.1, -0.05) is 176 Å². The zero-order valence-electron chi connectivity index (χ0n) is 38.7. The molecule has 0 amide bonds. The van der Waals surface area contributed by atoms with E-state index in [4.69, 9.17) is 0 Å². The van der Waals surface area contributed by atoms with Crippen molar-refractivity contribution in [2.45, 2.75) is 0 Å². The molecule has 0 atom stereocenters. The van der Waals surface area contributed by atoms with E-state index in [2.05, 4.69) is 237 Å². The minimum absolute atomic E-state index is 0.00108. The molecule has 8 heterocycles. The molecule has 0 unspecified atom stereocenters. The molecule has 0 fully saturated rings. The lowest BCUT2D eigenvalue weighted by atomic mass is 9.31. The molecular weight excluding hydrogens is 870 g/mol. The fourth-order valence-corrected chi connectivity index (χ4v) is 14.9. The first kappa shape index (κ1) is 36.7. The van der Waals surface area contributed by atoms with Crippen LogP contribution in [0.1, 0.15) is 0 Å². The molecule has 19 rings (SSSR count). The standard InChI is InChI=1S/C66H36B2N4/c1-3-17-37(18-4-1)39-23-15-25-43-47-33-45-41-21-7-11-29-53(41)69-57-36-58-52(35-51(57)67-49-27-9-13-31-55(49)71(61(39)43)65(47)59(67)63(45)69)68-50-28-10-14-32-56(50)72-62-40(38-19-5-2-6-20-38)24-16-26-44(62)48-34-46-42-22-8-12-30-54(42)70(58)64(46)60(68)66(48)72/h1-36H. The highest BCUT2D eigenvalue weighted by Gasteiger charge is 2.46.